The fraction of sp³-hybridized carbons (Fsp3) is 0. The van der Waals surface area contributed by atoms with E-state index >= 15 is 0 Å². The number of rotatable bonds is 5. The van der Waals surface area contributed by atoms with Crippen molar-refractivity contribution in [2.24, 2.45) is 5.10 Å². The van der Waals surface area contributed by atoms with Crippen LogP contribution in [0, 0.1) is 3.57 Å². The zero-order valence-electron chi connectivity index (χ0n) is 13.8. The van der Waals surface area contributed by atoms with E-state index < -0.39 is 0 Å². The highest BCUT2D eigenvalue weighted by molar-refractivity contribution is 14.1. The van der Waals surface area contributed by atoms with Gasteiger partial charge in [0.05, 0.1) is 17.2 Å². The van der Waals surface area contributed by atoms with E-state index in [2.05, 4.69) is 43.1 Å². The number of aromatic amines is 1. The summed E-state index contributed by atoms with van der Waals surface area (Å²) in [5, 5.41) is 5.38. The molecule has 27 heavy (non-hydrogen) atoms. The number of fused-ring (bicyclic) bond motifs is 1. The first-order valence-corrected chi connectivity index (χ1v) is 9.88. The monoisotopic (exact) mass is 488 g/mol. The Hall–Kier alpha value is -2.59. The molecule has 0 bridgehead atoms. The lowest BCUT2D eigenvalue weighted by Crippen LogP contribution is -2.17. The lowest BCUT2D eigenvalue weighted by atomic mass is 10.2. The van der Waals surface area contributed by atoms with Gasteiger partial charge in [-0.1, -0.05) is 18.2 Å². The Kier molecular flexibility index (Phi) is 5.26. The SMILES string of the molecule is O=C(N/N=C\c1ccc(Sc2nc3ccccc3[nH]2)o1)c1cccc(I)c1. The van der Waals surface area contributed by atoms with Crippen molar-refractivity contribution in [3.05, 3.63) is 75.6 Å². The molecule has 0 fully saturated rings. The Bertz CT molecular complexity index is 1100. The number of carbonyl (C=O) groups excluding carboxylic acids is 1. The van der Waals surface area contributed by atoms with E-state index in [0.717, 1.165) is 19.8 Å². The van der Waals surface area contributed by atoms with E-state index in [1.807, 2.05) is 42.5 Å². The van der Waals surface area contributed by atoms with Crippen molar-refractivity contribution in [1.82, 2.24) is 15.4 Å². The number of benzene rings is 2. The molecule has 2 heterocycles. The molecule has 2 aromatic carbocycles. The minimum atomic E-state index is -0.270. The molecule has 134 valence electrons. The maximum Gasteiger partial charge on any atom is 0.271 e. The highest BCUT2D eigenvalue weighted by atomic mass is 127. The number of hydrogen-bond donors (Lipinski definition) is 2. The Morgan fingerprint density at radius 1 is 1.19 bits per heavy atom. The van der Waals surface area contributed by atoms with Crippen molar-refractivity contribution in [1.29, 1.82) is 0 Å². The van der Waals surface area contributed by atoms with E-state index in [9.17, 15) is 4.79 Å². The van der Waals surface area contributed by atoms with Crippen molar-refractivity contribution >= 4 is 57.5 Å². The molecule has 4 rings (SSSR count). The molecule has 1 amide bonds. The first-order valence-electron chi connectivity index (χ1n) is 7.99. The lowest BCUT2D eigenvalue weighted by molar-refractivity contribution is 0.0955. The lowest BCUT2D eigenvalue weighted by Gasteiger charge is -1.99. The van der Waals surface area contributed by atoms with Gasteiger partial charge in [-0.05, 0) is 76.8 Å². The molecule has 4 aromatic rings. The number of H-pyrrole nitrogens is 1. The standard InChI is InChI=1S/C19H13IN4O2S/c20-13-5-3-4-12(10-13)18(25)24-21-11-14-8-9-17(26-14)27-19-22-15-6-1-2-7-16(15)23-19/h1-11H,(H,22,23)(H,24,25)/b21-11-. The predicted octanol–water partition coefficient (Wildman–Crippen LogP) is 4.68. The number of aromatic nitrogens is 2. The van der Waals surface area contributed by atoms with Crippen molar-refractivity contribution < 1.29 is 9.21 Å². The van der Waals surface area contributed by atoms with Crippen LogP contribution < -0.4 is 5.43 Å². The summed E-state index contributed by atoms with van der Waals surface area (Å²) >= 11 is 3.55. The molecule has 6 nitrogen and oxygen atoms in total. The van der Waals surface area contributed by atoms with E-state index in [0.29, 0.717) is 16.4 Å². The second-order valence-corrected chi connectivity index (χ2v) is 7.77. The van der Waals surface area contributed by atoms with Crippen LogP contribution in [0.25, 0.3) is 11.0 Å². The molecule has 0 atom stereocenters. The third-order valence-corrected chi connectivity index (χ3v) is 5.09. The zero-order chi connectivity index (χ0) is 18.6. The van der Waals surface area contributed by atoms with Gasteiger partial charge in [0.15, 0.2) is 10.2 Å². The van der Waals surface area contributed by atoms with Gasteiger partial charge in [0, 0.05) is 9.13 Å². The smallest absolute Gasteiger partial charge is 0.271 e. The molecule has 0 saturated carbocycles. The summed E-state index contributed by atoms with van der Waals surface area (Å²) in [6.07, 6.45) is 1.47. The number of nitrogens with zero attached hydrogens (tertiary/aromatic N) is 2. The fourth-order valence-corrected chi connectivity index (χ4v) is 3.69. The summed E-state index contributed by atoms with van der Waals surface area (Å²) in [5.41, 5.74) is 4.94. The second kappa shape index (κ2) is 7.97. The number of imidazole rings is 1. The van der Waals surface area contributed by atoms with Gasteiger partial charge in [0.25, 0.3) is 5.91 Å². The maximum atomic E-state index is 12.0. The summed E-state index contributed by atoms with van der Waals surface area (Å²) in [4.78, 5) is 19.8. The summed E-state index contributed by atoms with van der Waals surface area (Å²) in [7, 11) is 0. The van der Waals surface area contributed by atoms with Crippen LogP contribution in [-0.2, 0) is 0 Å². The summed E-state index contributed by atoms with van der Waals surface area (Å²) in [6, 6.07) is 18.7. The number of para-hydroxylation sites is 2. The number of furan rings is 1. The molecule has 0 spiro atoms. The predicted molar refractivity (Wildman–Crippen MR) is 113 cm³/mol. The Balaban J connectivity index is 1.39. The molecule has 2 aromatic heterocycles. The van der Waals surface area contributed by atoms with E-state index in [4.69, 9.17) is 4.42 Å². The van der Waals surface area contributed by atoms with Gasteiger partial charge in [0.1, 0.15) is 5.76 Å². The van der Waals surface area contributed by atoms with Crippen molar-refractivity contribution in [2.45, 2.75) is 10.2 Å². The van der Waals surface area contributed by atoms with E-state index in [-0.39, 0.29) is 5.91 Å². The molecule has 0 aliphatic carbocycles. The van der Waals surface area contributed by atoms with Crippen molar-refractivity contribution in [3.8, 4) is 0 Å². The summed E-state index contributed by atoms with van der Waals surface area (Å²) < 4.78 is 6.68. The molecular formula is C19H13IN4O2S. The molecular weight excluding hydrogens is 475 g/mol. The Morgan fingerprint density at radius 3 is 2.93 bits per heavy atom. The molecule has 2 N–H and O–H groups in total. The third kappa shape index (κ3) is 4.40. The van der Waals surface area contributed by atoms with E-state index in [1.165, 1.54) is 18.0 Å². The molecule has 0 aliphatic heterocycles. The van der Waals surface area contributed by atoms with Gasteiger partial charge in [-0.3, -0.25) is 4.79 Å². The normalized spacial score (nSPS) is 11.3. The molecule has 0 radical (unpaired) electrons. The number of halogens is 1. The highest BCUT2D eigenvalue weighted by Gasteiger charge is 2.08. The third-order valence-electron chi connectivity index (χ3n) is 3.61. The van der Waals surface area contributed by atoms with Gasteiger partial charge >= 0.3 is 0 Å². The van der Waals surface area contributed by atoms with Crippen LogP contribution in [0.15, 0.2) is 80.4 Å². The maximum absolute atomic E-state index is 12.0. The number of amides is 1. The average Bonchev–Trinajstić information content (AvgIpc) is 3.28. The van der Waals surface area contributed by atoms with Gasteiger partial charge in [-0.2, -0.15) is 5.10 Å². The Labute approximate surface area is 172 Å². The first kappa shape index (κ1) is 17.8. The molecule has 0 saturated heterocycles. The number of hydrogen-bond acceptors (Lipinski definition) is 5. The van der Waals surface area contributed by atoms with Crippen molar-refractivity contribution in [2.75, 3.05) is 0 Å². The van der Waals surface area contributed by atoms with Crippen LogP contribution in [-0.4, -0.2) is 22.1 Å². The van der Waals surface area contributed by atoms with Crippen LogP contribution in [0.3, 0.4) is 0 Å². The van der Waals surface area contributed by atoms with Gasteiger partial charge < -0.3 is 9.40 Å². The summed E-state index contributed by atoms with van der Waals surface area (Å²) in [6.45, 7) is 0. The van der Waals surface area contributed by atoms with Crippen LogP contribution in [0.2, 0.25) is 0 Å². The largest absolute Gasteiger partial charge is 0.448 e. The number of nitrogens with one attached hydrogen (secondary N) is 2. The molecule has 0 aliphatic rings. The molecule has 8 heteroatoms. The van der Waals surface area contributed by atoms with Crippen LogP contribution >= 0.6 is 34.4 Å². The molecule has 0 unspecified atom stereocenters. The van der Waals surface area contributed by atoms with Crippen molar-refractivity contribution in [3.63, 3.8) is 0 Å². The van der Waals surface area contributed by atoms with Crippen LogP contribution in [0.4, 0.5) is 0 Å². The Morgan fingerprint density at radius 2 is 2.07 bits per heavy atom. The summed E-state index contributed by atoms with van der Waals surface area (Å²) in [5.74, 6) is 0.268. The van der Waals surface area contributed by atoms with Crippen LogP contribution in [0.1, 0.15) is 16.1 Å². The van der Waals surface area contributed by atoms with E-state index in [1.54, 1.807) is 18.2 Å². The second-order valence-electron chi connectivity index (χ2n) is 5.53. The fourth-order valence-electron chi connectivity index (χ4n) is 2.38. The topological polar surface area (TPSA) is 83.3 Å². The first-order chi connectivity index (χ1) is 13.2. The van der Waals surface area contributed by atoms with Gasteiger partial charge in [0.2, 0.25) is 0 Å². The highest BCUT2D eigenvalue weighted by Crippen LogP contribution is 2.28. The minimum Gasteiger partial charge on any atom is -0.448 e. The average molecular weight is 488 g/mol. The van der Waals surface area contributed by atoms with Gasteiger partial charge in [-0.15, -0.1) is 0 Å². The quantitative estimate of drug-likeness (QED) is 0.243. The minimum absolute atomic E-state index is 0.270. The van der Waals surface area contributed by atoms with Gasteiger partial charge in [-0.25, -0.2) is 10.4 Å². The number of carbonyl (C=O) groups is 1. The zero-order valence-corrected chi connectivity index (χ0v) is 16.8. The van der Waals surface area contributed by atoms with Crippen LogP contribution in [0.5, 0.6) is 0 Å². The number of hydrazone groups is 1.